The van der Waals surface area contributed by atoms with E-state index in [1.165, 1.54) is 4.57 Å². The van der Waals surface area contributed by atoms with Gasteiger partial charge in [-0.15, -0.1) is 0 Å². The molecule has 1 aromatic carbocycles. The van der Waals surface area contributed by atoms with Gasteiger partial charge in [-0.05, 0) is 36.1 Å². The van der Waals surface area contributed by atoms with E-state index in [2.05, 4.69) is 4.98 Å². The Morgan fingerprint density at radius 3 is 2.77 bits per heavy atom. The van der Waals surface area contributed by atoms with Gasteiger partial charge in [-0.2, -0.15) is 4.98 Å². The number of fused-ring (bicyclic) bond motifs is 5. The molecular formula is C23H28N2O9P-. The molecule has 3 unspecified atom stereocenters. The third-order valence-corrected chi connectivity index (χ3v) is 7.85. The standard InChI is InChI=1S/C23H29N2O9P/c1-12-3-4-14-5-15(12)18-8-19(20(10-26)32-18)34-35(29,30)31-11-21-17(27)7-22(33-21)25-9-13(2)16(6-14)24-23(25)28/h3-5,9,17-22,26-27H,6-8,10-11H2,1-2H3,(H,29,30)/p-1/t17?,18-,19?,20-,21-,22-/m1/s1. The number of aliphatic hydroxyl groups excluding tert-OH is 2. The normalized spacial score (nSPS) is 35.1. The van der Waals surface area contributed by atoms with Crippen LogP contribution >= 0.6 is 7.82 Å². The summed E-state index contributed by atoms with van der Waals surface area (Å²) in [6.07, 6.45) is -2.83. The van der Waals surface area contributed by atoms with Crippen LogP contribution in [0.5, 0.6) is 0 Å². The fraction of sp³-hybridized carbons (Fsp3) is 0.565. The van der Waals surface area contributed by atoms with Gasteiger partial charge in [0.05, 0.1) is 37.2 Å². The first-order valence-corrected chi connectivity index (χ1v) is 13.0. The number of aliphatic hydroxyl groups is 2. The van der Waals surface area contributed by atoms with Crippen LogP contribution in [0.1, 0.15) is 53.1 Å². The maximum atomic E-state index is 12.8. The van der Waals surface area contributed by atoms with Gasteiger partial charge in [0.25, 0.3) is 7.82 Å². The Kier molecular flexibility index (Phi) is 6.71. The summed E-state index contributed by atoms with van der Waals surface area (Å²) in [7, 11) is -4.82. The smallest absolute Gasteiger partial charge is 0.349 e. The second-order valence-corrected chi connectivity index (χ2v) is 10.7. The van der Waals surface area contributed by atoms with Crippen LogP contribution in [-0.4, -0.2) is 57.4 Å². The fourth-order valence-electron chi connectivity index (χ4n) is 4.91. The third-order valence-electron chi connectivity index (χ3n) is 6.86. The number of phosphoric acid groups is 1. The van der Waals surface area contributed by atoms with Crippen LogP contribution in [-0.2, 0) is 29.5 Å². The Hall–Kier alpha value is -1.95. The Balaban J connectivity index is 1.56. The molecular weight excluding hydrogens is 479 g/mol. The summed E-state index contributed by atoms with van der Waals surface area (Å²) in [5, 5.41) is 20.2. The molecule has 8 bridgehead atoms. The summed E-state index contributed by atoms with van der Waals surface area (Å²) >= 11 is 0. The molecule has 12 heteroatoms. The number of hydrogen-bond donors (Lipinski definition) is 2. The van der Waals surface area contributed by atoms with Crippen molar-refractivity contribution in [2.24, 2.45) is 0 Å². The molecule has 6 rings (SSSR count). The topological polar surface area (TPSA) is 152 Å². The van der Waals surface area contributed by atoms with Gasteiger partial charge >= 0.3 is 5.69 Å². The Morgan fingerprint density at radius 2 is 2.00 bits per heavy atom. The predicted molar refractivity (Wildman–Crippen MR) is 120 cm³/mol. The highest BCUT2D eigenvalue weighted by molar-refractivity contribution is 7.45. The minimum atomic E-state index is -4.82. The van der Waals surface area contributed by atoms with Crippen molar-refractivity contribution < 1.29 is 38.2 Å². The summed E-state index contributed by atoms with van der Waals surface area (Å²) in [6, 6.07) is 5.82. The average Bonchev–Trinajstić information content (AvgIpc) is 3.37. The molecule has 190 valence electrons. The first-order valence-electron chi connectivity index (χ1n) is 11.6. The Labute approximate surface area is 201 Å². The lowest BCUT2D eigenvalue weighted by atomic mass is 9.95. The average molecular weight is 507 g/mol. The molecule has 1 aromatic heterocycles. The van der Waals surface area contributed by atoms with Gasteiger partial charge in [-0.25, -0.2) is 4.79 Å². The number of aryl methyl sites for hydroxylation is 2. The molecule has 4 aliphatic rings. The molecule has 0 radical (unpaired) electrons. The third kappa shape index (κ3) is 5.00. The summed E-state index contributed by atoms with van der Waals surface area (Å²) in [5.41, 5.74) is 3.56. The van der Waals surface area contributed by atoms with E-state index in [0.29, 0.717) is 12.1 Å². The van der Waals surface area contributed by atoms with E-state index in [0.717, 1.165) is 22.3 Å². The molecule has 5 heterocycles. The van der Waals surface area contributed by atoms with Crippen LogP contribution in [0.25, 0.3) is 0 Å². The molecule has 35 heavy (non-hydrogen) atoms. The molecule has 4 aliphatic heterocycles. The Bertz CT molecular complexity index is 1220. The van der Waals surface area contributed by atoms with Crippen molar-refractivity contribution in [3.63, 3.8) is 0 Å². The Morgan fingerprint density at radius 1 is 1.20 bits per heavy atom. The molecule has 0 aliphatic carbocycles. The fourth-order valence-corrected chi connectivity index (χ4v) is 5.85. The van der Waals surface area contributed by atoms with E-state index in [-0.39, 0.29) is 12.8 Å². The maximum Gasteiger partial charge on any atom is 0.349 e. The van der Waals surface area contributed by atoms with Crippen molar-refractivity contribution in [2.45, 2.75) is 69.9 Å². The summed E-state index contributed by atoms with van der Waals surface area (Å²) in [4.78, 5) is 29.6. The lowest BCUT2D eigenvalue weighted by Crippen LogP contribution is -2.31. The highest BCUT2D eigenvalue weighted by Gasteiger charge is 2.41. The van der Waals surface area contributed by atoms with Crippen molar-refractivity contribution >= 4 is 7.82 Å². The highest BCUT2D eigenvalue weighted by atomic mass is 31.2. The molecule has 0 amide bonds. The number of rotatable bonds is 1. The zero-order valence-corrected chi connectivity index (χ0v) is 20.3. The van der Waals surface area contributed by atoms with Gasteiger partial charge in [0, 0.05) is 25.5 Å². The first kappa shape index (κ1) is 24.7. The quantitative estimate of drug-likeness (QED) is 0.530. The van der Waals surface area contributed by atoms with Crippen molar-refractivity contribution in [3.8, 4) is 0 Å². The second-order valence-electron chi connectivity index (χ2n) is 9.33. The minimum absolute atomic E-state index is 0.0739. The maximum absolute atomic E-state index is 12.8. The van der Waals surface area contributed by atoms with Gasteiger partial charge in [0.15, 0.2) is 0 Å². The zero-order chi connectivity index (χ0) is 24.9. The van der Waals surface area contributed by atoms with Crippen LogP contribution in [0.2, 0.25) is 0 Å². The minimum Gasteiger partial charge on any atom is -0.756 e. The summed E-state index contributed by atoms with van der Waals surface area (Å²) in [5.74, 6) is 0. The van der Waals surface area contributed by atoms with Gasteiger partial charge in [-0.3, -0.25) is 9.13 Å². The van der Waals surface area contributed by atoms with E-state index in [4.69, 9.17) is 18.5 Å². The van der Waals surface area contributed by atoms with Crippen molar-refractivity contribution in [2.75, 3.05) is 13.2 Å². The van der Waals surface area contributed by atoms with E-state index < -0.39 is 63.5 Å². The van der Waals surface area contributed by atoms with E-state index >= 15 is 0 Å². The van der Waals surface area contributed by atoms with Crippen molar-refractivity contribution in [1.29, 1.82) is 0 Å². The van der Waals surface area contributed by atoms with E-state index in [1.54, 1.807) is 6.20 Å². The van der Waals surface area contributed by atoms with E-state index in [9.17, 15) is 24.5 Å². The molecule has 2 aromatic rings. The van der Waals surface area contributed by atoms with Gasteiger partial charge in [0.1, 0.15) is 18.4 Å². The molecule has 0 saturated carbocycles. The molecule has 2 saturated heterocycles. The van der Waals surface area contributed by atoms with Crippen LogP contribution < -0.4 is 10.6 Å². The number of hydrogen-bond acceptors (Lipinski definition) is 10. The van der Waals surface area contributed by atoms with Crippen LogP contribution in [0.15, 0.2) is 29.2 Å². The SMILES string of the molecule is Cc1ccc2cc1[C@H]1CC(OP(=O)([O-])OC[C@H]3O[C@H](CC3O)n3cc(C)c(nc3=O)C2)[C@@H](CO)O1. The van der Waals surface area contributed by atoms with Crippen molar-refractivity contribution in [1.82, 2.24) is 9.55 Å². The number of aromatic nitrogens is 2. The van der Waals surface area contributed by atoms with Crippen LogP contribution in [0.3, 0.4) is 0 Å². The largest absolute Gasteiger partial charge is 0.756 e. The number of ether oxygens (including phenoxy) is 2. The predicted octanol–water partition coefficient (Wildman–Crippen LogP) is 0.805. The number of nitrogens with zero attached hydrogens (tertiary/aromatic N) is 2. The van der Waals surface area contributed by atoms with E-state index in [1.807, 2.05) is 32.0 Å². The molecule has 0 spiro atoms. The zero-order valence-electron chi connectivity index (χ0n) is 19.4. The molecule has 11 nitrogen and oxygen atoms in total. The molecule has 2 N–H and O–H groups in total. The summed E-state index contributed by atoms with van der Waals surface area (Å²) < 4.78 is 35.9. The monoisotopic (exact) mass is 507 g/mol. The van der Waals surface area contributed by atoms with Crippen LogP contribution in [0.4, 0.5) is 0 Å². The lowest BCUT2D eigenvalue weighted by molar-refractivity contribution is -0.234. The highest BCUT2D eigenvalue weighted by Crippen LogP contribution is 2.47. The number of benzene rings is 1. The number of phosphoric ester groups is 1. The van der Waals surface area contributed by atoms with Gasteiger partial charge in [-0.1, -0.05) is 18.2 Å². The van der Waals surface area contributed by atoms with Gasteiger partial charge < -0.3 is 33.6 Å². The molecule has 7 atom stereocenters. The van der Waals surface area contributed by atoms with Crippen LogP contribution in [0, 0.1) is 13.8 Å². The first-order chi connectivity index (χ1) is 16.6. The summed E-state index contributed by atoms with van der Waals surface area (Å²) in [6.45, 7) is 2.85. The van der Waals surface area contributed by atoms with Crippen molar-refractivity contribution in [3.05, 3.63) is 62.8 Å². The molecule has 2 fully saturated rings. The second kappa shape index (κ2) is 9.49. The van der Waals surface area contributed by atoms with Gasteiger partial charge in [0.2, 0.25) is 0 Å². The lowest BCUT2D eigenvalue weighted by Gasteiger charge is -2.29.